The number of benzene rings is 1. The molecule has 0 radical (unpaired) electrons. The number of thiophene rings is 1. The summed E-state index contributed by atoms with van der Waals surface area (Å²) in [6, 6.07) is 8.19. The number of sulfone groups is 1. The van der Waals surface area contributed by atoms with Crippen molar-refractivity contribution >= 4 is 54.0 Å². The number of hydrogen-bond donors (Lipinski definition) is 1. The van der Waals surface area contributed by atoms with Crippen molar-refractivity contribution in [1.29, 1.82) is 0 Å². The van der Waals surface area contributed by atoms with Gasteiger partial charge in [-0.25, -0.2) is 18.4 Å². The van der Waals surface area contributed by atoms with Crippen molar-refractivity contribution in [3.8, 4) is 11.4 Å². The lowest BCUT2D eigenvalue weighted by atomic mass is 10.1. The van der Waals surface area contributed by atoms with Crippen LogP contribution in [0.3, 0.4) is 0 Å². The number of hydrogen-bond acceptors (Lipinski definition) is 10. The van der Waals surface area contributed by atoms with Crippen LogP contribution >= 0.6 is 11.3 Å². The van der Waals surface area contributed by atoms with Crippen molar-refractivity contribution in [2.24, 2.45) is 0 Å². The van der Waals surface area contributed by atoms with Crippen LogP contribution in [0.4, 0.5) is 5.82 Å². The number of amides is 1. The van der Waals surface area contributed by atoms with Gasteiger partial charge in [0.1, 0.15) is 16.4 Å². The average molecular weight is 556 g/mol. The number of H-pyrrole nitrogens is 1. The average Bonchev–Trinajstić information content (AvgIpc) is 3.54. The van der Waals surface area contributed by atoms with Gasteiger partial charge in [-0.3, -0.25) is 14.8 Å². The van der Waals surface area contributed by atoms with Gasteiger partial charge in [0.25, 0.3) is 0 Å². The summed E-state index contributed by atoms with van der Waals surface area (Å²) in [5, 5.41) is 9.25. The first-order chi connectivity index (χ1) is 18.3. The third kappa shape index (κ3) is 5.23. The molecular weight excluding hydrogens is 526 g/mol. The largest absolute Gasteiger partial charge is 0.378 e. The number of nitrogens with zero attached hydrogens (tertiary/aromatic N) is 6. The zero-order valence-corrected chi connectivity index (χ0v) is 22.7. The van der Waals surface area contributed by atoms with Gasteiger partial charge >= 0.3 is 0 Å². The molecule has 0 bridgehead atoms. The standard InChI is InChI=1S/C25H29N7O4S2/c1-38(34,35)16-22(33)31-7-5-30(6-8-31)15-17-13-19-24(32-9-11-36-12-10-32)27-23(28-25(19)37-17)18-3-2-4-21-20(18)14-26-29-21/h2-4,13-14H,5-12,15-16H2,1H3,(H,26,29). The highest BCUT2D eigenvalue weighted by atomic mass is 32.2. The van der Waals surface area contributed by atoms with E-state index in [9.17, 15) is 13.2 Å². The van der Waals surface area contributed by atoms with E-state index in [2.05, 4.69) is 26.1 Å². The topological polar surface area (TPSA) is 125 Å². The Morgan fingerprint density at radius 3 is 2.63 bits per heavy atom. The van der Waals surface area contributed by atoms with E-state index >= 15 is 0 Å². The summed E-state index contributed by atoms with van der Waals surface area (Å²) in [4.78, 5) is 30.7. The van der Waals surface area contributed by atoms with Gasteiger partial charge < -0.3 is 14.5 Å². The fourth-order valence-corrected chi connectivity index (χ4v) is 6.72. The van der Waals surface area contributed by atoms with E-state index in [0.717, 1.165) is 58.4 Å². The predicted octanol–water partition coefficient (Wildman–Crippen LogP) is 1.76. The monoisotopic (exact) mass is 555 g/mol. The number of aromatic amines is 1. The number of anilines is 1. The lowest BCUT2D eigenvalue weighted by molar-refractivity contribution is -0.130. The summed E-state index contributed by atoms with van der Waals surface area (Å²) in [6.45, 7) is 6.05. The second kappa shape index (κ2) is 10.2. The number of carbonyl (C=O) groups excluding carboxylic acids is 1. The summed E-state index contributed by atoms with van der Waals surface area (Å²) in [6.07, 6.45) is 2.91. The summed E-state index contributed by atoms with van der Waals surface area (Å²) in [5.74, 6) is 0.853. The highest BCUT2D eigenvalue weighted by Gasteiger charge is 2.25. The van der Waals surface area contributed by atoms with Gasteiger partial charge in [0.2, 0.25) is 5.91 Å². The molecule has 2 saturated heterocycles. The Hall–Kier alpha value is -3.13. The summed E-state index contributed by atoms with van der Waals surface area (Å²) in [5.41, 5.74) is 1.89. The zero-order chi connectivity index (χ0) is 26.3. The zero-order valence-electron chi connectivity index (χ0n) is 21.1. The normalized spacial score (nSPS) is 17.5. The number of rotatable bonds is 6. The first kappa shape index (κ1) is 25.2. The number of carbonyl (C=O) groups is 1. The molecule has 2 aliphatic heterocycles. The van der Waals surface area contributed by atoms with Gasteiger partial charge in [-0.2, -0.15) is 5.10 Å². The van der Waals surface area contributed by atoms with E-state index < -0.39 is 15.6 Å². The van der Waals surface area contributed by atoms with Gasteiger partial charge in [0.15, 0.2) is 15.7 Å². The van der Waals surface area contributed by atoms with E-state index in [1.54, 1.807) is 16.2 Å². The second-order valence-corrected chi connectivity index (χ2v) is 13.0. The van der Waals surface area contributed by atoms with Gasteiger partial charge in [-0.15, -0.1) is 11.3 Å². The molecule has 3 aromatic heterocycles. The SMILES string of the molecule is CS(=O)(=O)CC(=O)N1CCN(Cc2cc3c(N4CCOCC4)nc(-c4cccc5[nH]ncc45)nc3s2)CC1. The Morgan fingerprint density at radius 1 is 1.08 bits per heavy atom. The molecule has 13 heteroatoms. The van der Waals surface area contributed by atoms with E-state index in [1.165, 1.54) is 4.88 Å². The van der Waals surface area contributed by atoms with Gasteiger partial charge in [-0.05, 0) is 12.1 Å². The van der Waals surface area contributed by atoms with Gasteiger partial charge in [-0.1, -0.05) is 12.1 Å². The molecular formula is C25H29N7O4S2. The highest BCUT2D eigenvalue weighted by Crippen LogP contribution is 2.35. The molecule has 4 aromatic rings. The third-order valence-corrected chi connectivity index (χ3v) is 8.74. The smallest absolute Gasteiger partial charge is 0.237 e. The van der Waals surface area contributed by atoms with Crippen LogP contribution in [0.1, 0.15) is 4.88 Å². The Bertz CT molecular complexity index is 1590. The Kier molecular flexibility index (Phi) is 6.76. The van der Waals surface area contributed by atoms with Crippen LogP contribution in [0.2, 0.25) is 0 Å². The van der Waals surface area contributed by atoms with Crippen LogP contribution in [0.5, 0.6) is 0 Å². The Balaban J connectivity index is 1.27. The lowest BCUT2D eigenvalue weighted by Gasteiger charge is -2.34. The van der Waals surface area contributed by atoms with E-state index in [1.807, 2.05) is 24.4 Å². The van der Waals surface area contributed by atoms with E-state index in [0.29, 0.717) is 45.2 Å². The molecule has 1 N–H and O–H groups in total. The summed E-state index contributed by atoms with van der Waals surface area (Å²) < 4.78 is 28.6. The number of nitrogens with one attached hydrogen (secondary N) is 1. The molecule has 0 spiro atoms. The van der Waals surface area contributed by atoms with Crippen molar-refractivity contribution in [3.63, 3.8) is 0 Å². The quantitative estimate of drug-likeness (QED) is 0.379. The molecule has 2 fully saturated rings. The van der Waals surface area contributed by atoms with Crippen molar-refractivity contribution < 1.29 is 17.9 Å². The number of piperazine rings is 1. The maximum absolute atomic E-state index is 12.3. The van der Waals surface area contributed by atoms with Gasteiger partial charge in [0.05, 0.1) is 30.3 Å². The van der Waals surface area contributed by atoms with Crippen LogP contribution in [0, 0.1) is 0 Å². The van der Waals surface area contributed by atoms with Crippen LogP contribution in [-0.2, 0) is 25.9 Å². The third-order valence-electron chi connectivity index (χ3n) is 6.95. The molecule has 200 valence electrons. The highest BCUT2D eigenvalue weighted by molar-refractivity contribution is 7.91. The minimum Gasteiger partial charge on any atom is -0.378 e. The fraction of sp³-hybridized carbons (Fsp3) is 0.440. The van der Waals surface area contributed by atoms with E-state index in [4.69, 9.17) is 14.7 Å². The number of morpholine rings is 1. The minimum absolute atomic E-state index is 0.320. The van der Waals surface area contributed by atoms with Crippen LogP contribution in [-0.4, -0.2) is 109 Å². The maximum Gasteiger partial charge on any atom is 0.237 e. The molecule has 1 amide bonds. The van der Waals surface area contributed by atoms with Crippen molar-refractivity contribution in [3.05, 3.63) is 35.3 Å². The Labute approximate surface area is 224 Å². The van der Waals surface area contributed by atoms with Crippen molar-refractivity contribution in [2.75, 3.05) is 69.4 Å². The van der Waals surface area contributed by atoms with Crippen LogP contribution < -0.4 is 4.90 Å². The summed E-state index contributed by atoms with van der Waals surface area (Å²) in [7, 11) is -3.33. The maximum atomic E-state index is 12.3. The number of fused-ring (bicyclic) bond motifs is 2. The fourth-order valence-electron chi connectivity index (χ4n) is 5.03. The molecule has 0 saturated carbocycles. The van der Waals surface area contributed by atoms with Crippen LogP contribution in [0.25, 0.3) is 32.5 Å². The second-order valence-electron chi connectivity index (χ2n) is 9.77. The van der Waals surface area contributed by atoms with Crippen molar-refractivity contribution in [1.82, 2.24) is 30.0 Å². The first-order valence-electron chi connectivity index (χ1n) is 12.6. The lowest BCUT2D eigenvalue weighted by Crippen LogP contribution is -2.49. The molecule has 1 aromatic carbocycles. The summed E-state index contributed by atoms with van der Waals surface area (Å²) >= 11 is 1.67. The minimum atomic E-state index is -3.33. The Morgan fingerprint density at radius 2 is 1.87 bits per heavy atom. The predicted molar refractivity (Wildman–Crippen MR) is 147 cm³/mol. The van der Waals surface area contributed by atoms with Crippen LogP contribution in [0.15, 0.2) is 30.5 Å². The molecule has 6 rings (SSSR count). The molecule has 2 aliphatic rings. The molecule has 11 nitrogen and oxygen atoms in total. The van der Waals surface area contributed by atoms with Crippen molar-refractivity contribution in [2.45, 2.75) is 6.54 Å². The molecule has 5 heterocycles. The number of ether oxygens (including phenoxy) is 1. The number of aromatic nitrogens is 4. The molecule has 0 unspecified atom stereocenters. The van der Waals surface area contributed by atoms with E-state index in [-0.39, 0.29) is 5.91 Å². The molecule has 38 heavy (non-hydrogen) atoms. The molecule has 0 aliphatic carbocycles. The van der Waals surface area contributed by atoms with Gasteiger partial charge in [0, 0.05) is 67.9 Å². The molecule has 0 atom stereocenters. The first-order valence-corrected chi connectivity index (χ1v) is 15.5.